The number of carbonyl (C=O) groups excluding carboxylic acids is 2. The summed E-state index contributed by atoms with van der Waals surface area (Å²) >= 11 is 5.95. The van der Waals surface area contributed by atoms with Crippen LogP contribution in [0.4, 0.5) is 11.5 Å². The van der Waals surface area contributed by atoms with Crippen molar-refractivity contribution in [1.29, 1.82) is 0 Å². The van der Waals surface area contributed by atoms with Gasteiger partial charge in [0, 0.05) is 62.2 Å². The van der Waals surface area contributed by atoms with E-state index in [1.807, 2.05) is 46.9 Å². The van der Waals surface area contributed by atoms with E-state index in [4.69, 9.17) is 11.6 Å². The van der Waals surface area contributed by atoms with Gasteiger partial charge < -0.3 is 14.7 Å². The van der Waals surface area contributed by atoms with Crippen LogP contribution in [0.1, 0.15) is 12.2 Å². The molecule has 0 N–H and O–H groups in total. The third kappa shape index (κ3) is 4.28. The van der Waals surface area contributed by atoms with Crippen LogP contribution in [0.2, 0.25) is 5.02 Å². The van der Waals surface area contributed by atoms with Crippen LogP contribution in [0.25, 0.3) is 5.82 Å². The Morgan fingerprint density at radius 2 is 1.70 bits per heavy atom. The third-order valence-electron chi connectivity index (χ3n) is 6.24. The summed E-state index contributed by atoms with van der Waals surface area (Å²) < 4.78 is 1.88. The number of carbonyl (C=O) groups is 2. The minimum Gasteiger partial charge on any atom is -0.352 e. The normalized spacial score (nSPS) is 18.8. The number of benzene rings is 1. The lowest BCUT2D eigenvalue weighted by molar-refractivity contribution is -0.136. The van der Waals surface area contributed by atoms with Crippen molar-refractivity contribution in [3.05, 3.63) is 59.6 Å². The van der Waals surface area contributed by atoms with Crippen LogP contribution < -0.4 is 9.80 Å². The molecule has 2 aromatic heterocycles. The van der Waals surface area contributed by atoms with Gasteiger partial charge in [0.2, 0.25) is 11.8 Å². The molecule has 3 aromatic rings. The number of halogens is 1. The molecule has 5 rings (SSSR count). The molecular formula is C23H24ClN7O2. The van der Waals surface area contributed by atoms with Crippen molar-refractivity contribution in [2.24, 2.45) is 5.92 Å². The first kappa shape index (κ1) is 21.4. The zero-order valence-corrected chi connectivity index (χ0v) is 19.0. The second kappa shape index (κ2) is 8.82. The first-order valence-electron chi connectivity index (χ1n) is 10.9. The highest BCUT2D eigenvalue weighted by atomic mass is 35.5. The summed E-state index contributed by atoms with van der Waals surface area (Å²) in [5, 5.41) is 9.31. The molecule has 2 aliphatic heterocycles. The van der Waals surface area contributed by atoms with Crippen molar-refractivity contribution < 1.29 is 9.59 Å². The smallest absolute Gasteiger partial charge is 0.228 e. The van der Waals surface area contributed by atoms with E-state index in [1.165, 1.54) is 0 Å². The lowest BCUT2D eigenvalue weighted by atomic mass is 10.1. The molecule has 0 radical (unpaired) electrons. The Morgan fingerprint density at radius 3 is 2.33 bits per heavy atom. The molecule has 170 valence electrons. The zero-order valence-electron chi connectivity index (χ0n) is 18.3. The number of nitrogens with zero attached hydrogens (tertiary/aromatic N) is 7. The SMILES string of the molecule is Cc1nccn1-c1ccc(N2CCN(C(=O)C3CC(=O)N(c4ccc(Cl)cc4)C3)CC2)nn1. The van der Waals surface area contributed by atoms with Crippen LogP contribution >= 0.6 is 11.6 Å². The van der Waals surface area contributed by atoms with Gasteiger partial charge in [0.05, 0.1) is 5.92 Å². The molecule has 10 heteroatoms. The lowest BCUT2D eigenvalue weighted by Crippen LogP contribution is -2.51. The number of hydrogen-bond donors (Lipinski definition) is 0. The van der Waals surface area contributed by atoms with Crippen molar-refractivity contribution >= 4 is 34.9 Å². The molecule has 1 atom stereocenters. The van der Waals surface area contributed by atoms with E-state index in [9.17, 15) is 9.59 Å². The van der Waals surface area contributed by atoms with E-state index in [0.29, 0.717) is 37.7 Å². The molecule has 0 bridgehead atoms. The molecule has 2 amide bonds. The molecule has 2 saturated heterocycles. The lowest BCUT2D eigenvalue weighted by Gasteiger charge is -2.36. The number of piperazine rings is 1. The van der Waals surface area contributed by atoms with E-state index in [-0.39, 0.29) is 24.2 Å². The van der Waals surface area contributed by atoms with Gasteiger partial charge in [-0.3, -0.25) is 14.2 Å². The molecule has 1 unspecified atom stereocenters. The fourth-order valence-corrected chi connectivity index (χ4v) is 4.52. The Hall–Kier alpha value is -3.46. The fourth-order valence-electron chi connectivity index (χ4n) is 4.39. The van der Waals surface area contributed by atoms with E-state index in [0.717, 1.165) is 23.1 Å². The molecule has 9 nitrogen and oxygen atoms in total. The van der Waals surface area contributed by atoms with Gasteiger partial charge in [0.25, 0.3) is 0 Å². The molecular weight excluding hydrogens is 442 g/mol. The molecule has 1 aromatic carbocycles. The highest BCUT2D eigenvalue weighted by Crippen LogP contribution is 2.28. The maximum Gasteiger partial charge on any atom is 0.228 e. The minimum absolute atomic E-state index is 0.0298. The van der Waals surface area contributed by atoms with E-state index in [1.54, 1.807) is 23.2 Å². The highest BCUT2D eigenvalue weighted by molar-refractivity contribution is 6.30. The predicted molar refractivity (Wildman–Crippen MR) is 125 cm³/mol. The summed E-state index contributed by atoms with van der Waals surface area (Å²) in [6.07, 6.45) is 3.82. The molecule has 33 heavy (non-hydrogen) atoms. The number of aryl methyl sites for hydroxylation is 1. The number of aromatic nitrogens is 4. The summed E-state index contributed by atoms with van der Waals surface area (Å²) in [5.41, 5.74) is 0.775. The van der Waals surface area contributed by atoms with Crippen LogP contribution in [-0.4, -0.2) is 69.2 Å². The summed E-state index contributed by atoms with van der Waals surface area (Å²) in [7, 11) is 0. The average molecular weight is 466 g/mol. The fraction of sp³-hybridized carbons (Fsp3) is 0.348. The van der Waals surface area contributed by atoms with E-state index in [2.05, 4.69) is 20.1 Å². The number of anilines is 2. The molecule has 0 saturated carbocycles. The number of amides is 2. The van der Waals surface area contributed by atoms with Gasteiger partial charge in [-0.2, -0.15) is 0 Å². The standard InChI is InChI=1S/C23H24ClN7O2/c1-16-25-8-9-30(16)21-7-6-20(26-27-21)28-10-12-29(13-11-28)23(33)17-14-22(32)31(15-17)19-4-2-18(24)3-5-19/h2-9,17H,10-15H2,1H3. The molecule has 2 aliphatic rings. The number of hydrogen-bond acceptors (Lipinski definition) is 6. The van der Waals surface area contributed by atoms with Crippen LogP contribution in [0.15, 0.2) is 48.8 Å². The third-order valence-corrected chi connectivity index (χ3v) is 6.49. The quantitative estimate of drug-likeness (QED) is 0.587. The van der Waals surface area contributed by atoms with Crippen molar-refractivity contribution in [3.8, 4) is 5.82 Å². The van der Waals surface area contributed by atoms with Gasteiger partial charge in [-0.25, -0.2) is 4.98 Å². The molecule has 2 fully saturated rings. The maximum atomic E-state index is 13.1. The highest BCUT2D eigenvalue weighted by Gasteiger charge is 2.38. The molecule has 0 spiro atoms. The minimum atomic E-state index is -0.322. The second-order valence-electron chi connectivity index (χ2n) is 8.29. The van der Waals surface area contributed by atoms with Crippen LogP contribution in [0.3, 0.4) is 0 Å². The van der Waals surface area contributed by atoms with Gasteiger partial charge in [0.1, 0.15) is 5.82 Å². The number of rotatable bonds is 4. The molecule has 4 heterocycles. The predicted octanol–water partition coefficient (Wildman–Crippen LogP) is 2.33. The number of imidazole rings is 1. The summed E-state index contributed by atoms with van der Waals surface area (Å²) in [4.78, 5) is 35.5. The first-order valence-corrected chi connectivity index (χ1v) is 11.3. The summed E-state index contributed by atoms with van der Waals surface area (Å²) in [6, 6.07) is 11.0. The van der Waals surface area contributed by atoms with Gasteiger partial charge in [-0.05, 0) is 43.3 Å². The average Bonchev–Trinajstić information content (AvgIpc) is 3.45. The van der Waals surface area contributed by atoms with Crippen LogP contribution in [0, 0.1) is 12.8 Å². The van der Waals surface area contributed by atoms with Crippen molar-refractivity contribution in [1.82, 2.24) is 24.6 Å². The second-order valence-corrected chi connectivity index (χ2v) is 8.72. The van der Waals surface area contributed by atoms with Gasteiger partial charge >= 0.3 is 0 Å². The monoisotopic (exact) mass is 465 g/mol. The van der Waals surface area contributed by atoms with Crippen molar-refractivity contribution in [3.63, 3.8) is 0 Å². The summed E-state index contributed by atoms with van der Waals surface area (Å²) in [6.45, 7) is 4.85. The van der Waals surface area contributed by atoms with Crippen LogP contribution in [-0.2, 0) is 9.59 Å². The zero-order chi connectivity index (χ0) is 22.9. The van der Waals surface area contributed by atoms with E-state index >= 15 is 0 Å². The van der Waals surface area contributed by atoms with Gasteiger partial charge in [-0.1, -0.05) is 11.6 Å². The Balaban J connectivity index is 1.18. The summed E-state index contributed by atoms with van der Waals surface area (Å²) in [5.74, 6) is 2.04. The van der Waals surface area contributed by atoms with Gasteiger partial charge in [-0.15, -0.1) is 10.2 Å². The van der Waals surface area contributed by atoms with Crippen LogP contribution in [0.5, 0.6) is 0 Å². The first-order chi connectivity index (χ1) is 16.0. The van der Waals surface area contributed by atoms with Gasteiger partial charge in [0.15, 0.2) is 11.6 Å². The Kier molecular flexibility index (Phi) is 5.72. The Labute approximate surface area is 196 Å². The van der Waals surface area contributed by atoms with Crippen molar-refractivity contribution in [2.75, 3.05) is 42.5 Å². The molecule has 0 aliphatic carbocycles. The van der Waals surface area contributed by atoms with E-state index < -0.39 is 0 Å². The Morgan fingerprint density at radius 1 is 1.00 bits per heavy atom. The Bertz CT molecular complexity index is 1150. The van der Waals surface area contributed by atoms with Crippen molar-refractivity contribution in [2.45, 2.75) is 13.3 Å². The largest absolute Gasteiger partial charge is 0.352 e. The topological polar surface area (TPSA) is 87.5 Å². The maximum absolute atomic E-state index is 13.1.